The van der Waals surface area contributed by atoms with Gasteiger partial charge >= 0.3 is 0 Å². The maximum Gasteiger partial charge on any atom is 0.204 e. The van der Waals surface area contributed by atoms with Crippen molar-refractivity contribution in [3.05, 3.63) is 12.3 Å². The lowest BCUT2D eigenvalue weighted by atomic mass is 10.1. The second kappa shape index (κ2) is 4.63. The van der Waals surface area contributed by atoms with E-state index in [1.54, 1.807) is 6.26 Å². The Bertz CT molecular complexity index is 271. The third kappa shape index (κ3) is 1.98. The van der Waals surface area contributed by atoms with Crippen molar-refractivity contribution in [1.82, 2.24) is 0 Å². The smallest absolute Gasteiger partial charge is 0.204 e. The summed E-state index contributed by atoms with van der Waals surface area (Å²) in [5.41, 5.74) is 0.675. The molecule has 5 heteroatoms. The third-order valence-electron chi connectivity index (χ3n) is 2.24. The number of rotatable bonds is 5. The summed E-state index contributed by atoms with van der Waals surface area (Å²) in [7, 11) is 0. The molecule has 0 N–H and O–H groups in total. The first-order chi connectivity index (χ1) is 7.36. The van der Waals surface area contributed by atoms with E-state index in [1.807, 2.05) is 19.9 Å². The quantitative estimate of drug-likeness (QED) is 0.640. The van der Waals surface area contributed by atoms with Crippen LogP contribution in [0, 0.1) is 0 Å². The van der Waals surface area contributed by atoms with Gasteiger partial charge in [0, 0.05) is 13.2 Å². The van der Waals surface area contributed by atoms with Crippen molar-refractivity contribution in [3.8, 4) is 0 Å². The van der Waals surface area contributed by atoms with E-state index in [0.717, 1.165) is 0 Å². The van der Waals surface area contributed by atoms with Crippen LogP contribution in [0.25, 0.3) is 0 Å². The average molecular weight is 213 g/mol. The Hall–Kier alpha value is -1.07. The van der Waals surface area contributed by atoms with Gasteiger partial charge in [-0.25, -0.2) is 0 Å². The van der Waals surface area contributed by atoms with Crippen molar-refractivity contribution >= 4 is 5.71 Å². The molecular formula is C10H15NO4. The van der Waals surface area contributed by atoms with E-state index in [-0.39, 0.29) is 12.2 Å². The molecule has 0 saturated heterocycles. The molecule has 0 aromatic rings. The molecule has 0 bridgehead atoms. The van der Waals surface area contributed by atoms with Crippen molar-refractivity contribution in [1.29, 1.82) is 0 Å². The van der Waals surface area contributed by atoms with Gasteiger partial charge in [0.25, 0.3) is 0 Å². The summed E-state index contributed by atoms with van der Waals surface area (Å²) >= 11 is 0. The molecule has 0 unspecified atom stereocenters. The van der Waals surface area contributed by atoms with E-state index in [0.29, 0.717) is 18.9 Å². The Morgan fingerprint density at radius 3 is 2.80 bits per heavy atom. The van der Waals surface area contributed by atoms with Gasteiger partial charge in [-0.15, -0.1) is 0 Å². The fourth-order valence-corrected chi connectivity index (χ4v) is 1.59. The number of hydrogen-bond donors (Lipinski definition) is 0. The standard InChI is InChI=1S/C10H15NO4/c1-3-12-10(13-4-2)8-9-7(15-11-8)5-6-14-9/h5-7,9-10H,3-4H2,1-2H3/t7-,9+/m0/s1. The maximum absolute atomic E-state index is 5.43. The monoisotopic (exact) mass is 213 g/mol. The molecule has 2 heterocycles. The molecule has 2 rings (SSSR count). The van der Waals surface area contributed by atoms with Crippen LogP contribution in [0.4, 0.5) is 0 Å². The Morgan fingerprint density at radius 2 is 2.13 bits per heavy atom. The molecule has 0 aromatic carbocycles. The van der Waals surface area contributed by atoms with E-state index in [4.69, 9.17) is 19.0 Å². The molecule has 5 nitrogen and oxygen atoms in total. The van der Waals surface area contributed by atoms with Gasteiger partial charge in [0.1, 0.15) is 0 Å². The Balaban J connectivity index is 2.01. The minimum absolute atomic E-state index is 0.122. The molecule has 0 fully saturated rings. The van der Waals surface area contributed by atoms with Crippen LogP contribution in [0.3, 0.4) is 0 Å². The number of nitrogens with zero attached hydrogens (tertiary/aromatic N) is 1. The fraction of sp³-hybridized carbons (Fsp3) is 0.700. The highest BCUT2D eigenvalue weighted by Gasteiger charge is 2.41. The molecule has 0 amide bonds. The van der Waals surface area contributed by atoms with Crippen LogP contribution < -0.4 is 0 Å². The van der Waals surface area contributed by atoms with Crippen molar-refractivity contribution in [2.45, 2.75) is 32.3 Å². The van der Waals surface area contributed by atoms with E-state index < -0.39 is 6.29 Å². The Kier molecular flexibility index (Phi) is 3.23. The highest BCUT2D eigenvalue weighted by Crippen LogP contribution is 2.24. The zero-order valence-electron chi connectivity index (χ0n) is 8.88. The van der Waals surface area contributed by atoms with Crippen LogP contribution in [0.1, 0.15) is 13.8 Å². The first-order valence-electron chi connectivity index (χ1n) is 5.15. The Morgan fingerprint density at radius 1 is 1.40 bits per heavy atom. The average Bonchev–Trinajstić information content (AvgIpc) is 2.78. The fourth-order valence-electron chi connectivity index (χ4n) is 1.59. The predicted molar refractivity (Wildman–Crippen MR) is 53.4 cm³/mol. The van der Waals surface area contributed by atoms with E-state index >= 15 is 0 Å². The van der Waals surface area contributed by atoms with Gasteiger partial charge in [-0.3, -0.25) is 0 Å². The molecular weight excluding hydrogens is 198 g/mol. The summed E-state index contributed by atoms with van der Waals surface area (Å²) in [4.78, 5) is 5.18. The van der Waals surface area contributed by atoms with Gasteiger partial charge in [0.2, 0.25) is 6.29 Å². The Labute approximate surface area is 88.6 Å². The maximum atomic E-state index is 5.43. The lowest BCUT2D eigenvalue weighted by molar-refractivity contribution is -0.0936. The highest BCUT2D eigenvalue weighted by atomic mass is 16.7. The second-order valence-corrected chi connectivity index (χ2v) is 3.21. The van der Waals surface area contributed by atoms with Crippen molar-refractivity contribution in [2.24, 2.45) is 5.16 Å². The lowest BCUT2D eigenvalue weighted by Crippen LogP contribution is -2.37. The van der Waals surface area contributed by atoms with Crippen LogP contribution in [0.15, 0.2) is 17.5 Å². The van der Waals surface area contributed by atoms with E-state index in [9.17, 15) is 0 Å². The number of ether oxygens (including phenoxy) is 3. The van der Waals surface area contributed by atoms with Gasteiger partial charge in [-0.1, -0.05) is 5.16 Å². The molecule has 15 heavy (non-hydrogen) atoms. The lowest BCUT2D eigenvalue weighted by Gasteiger charge is -2.19. The minimum Gasteiger partial charge on any atom is -0.488 e. The molecule has 2 aliphatic rings. The van der Waals surface area contributed by atoms with Gasteiger partial charge < -0.3 is 19.0 Å². The van der Waals surface area contributed by atoms with Gasteiger partial charge in [-0.05, 0) is 19.9 Å². The van der Waals surface area contributed by atoms with E-state index in [1.165, 1.54) is 0 Å². The highest BCUT2D eigenvalue weighted by molar-refractivity contribution is 5.93. The molecule has 2 atom stereocenters. The first kappa shape index (κ1) is 10.4. The second-order valence-electron chi connectivity index (χ2n) is 3.21. The molecule has 0 saturated carbocycles. The van der Waals surface area contributed by atoms with Crippen molar-refractivity contribution < 1.29 is 19.0 Å². The largest absolute Gasteiger partial charge is 0.488 e. The summed E-state index contributed by atoms with van der Waals surface area (Å²) in [6, 6.07) is 0. The molecule has 0 aliphatic carbocycles. The zero-order valence-corrected chi connectivity index (χ0v) is 8.88. The van der Waals surface area contributed by atoms with Gasteiger partial charge in [0.15, 0.2) is 17.9 Å². The number of oxime groups is 1. The number of hydrogen-bond acceptors (Lipinski definition) is 5. The molecule has 2 aliphatic heterocycles. The topological polar surface area (TPSA) is 49.3 Å². The molecule has 0 aromatic heterocycles. The van der Waals surface area contributed by atoms with Gasteiger partial charge in [-0.2, -0.15) is 0 Å². The van der Waals surface area contributed by atoms with Crippen LogP contribution in [0.2, 0.25) is 0 Å². The molecule has 0 radical (unpaired) electrons. The molecule has 84 valence electrons. The summed E-state index contributed by atoms with van der Waals surface area (Å²) in [5.74, 6) is 0. The van der Waals surface area contributed by atoms with Gasteiger partial charge in [0.05, 0.1) is 6.26 Å². The van der Waals surface area contributed by atoms with Crippen molar-refractivity contribution in [2.75, 3.05) is 13.2 Å². The van der Waals surface area contributed by atoms with Crippen LogP contribution in [0.5, 0.6) is 0 Å². The normalized spacial score (nSPS) is 27.5. The zero-order chi connectivity index (χ0) is 10.7. The number of fused-ring (bicyclic) bond motifs is 1. The summed E-state index contributed by atoms with van der Waals surface area (Å²) in [6.45, 7) is 4.95. The minimum atomic E-state index is -0.463. The van der Waals surface area contributed by atoms with Crippen LogP contribution >= 0.6 is 0 Å². The van der Waals surface area contributed by atoms with Crippen LogP contribution in [-0.2, 0) is 19.0 Å². The molecule has 0 spiro atoms. The van der Waals surface area contributed by atoms with Crippen molar-refractivity contribution in [3.63, 3.8) is 0 Å². The SMILES string of the molecule is CCOC(OCC)C1=NO[C@H]2C=CO[C@@H]12. The first-order valence-corrected chi connectivity index (χ1v) is 5.15. The van der Waals surface area contributed by atoms with Crippen LogP contribution in [-0.4, -0.2) is 37.4 Å². The summed E-state index contributed by atoms with van der Waals surface area (Å²) in [6.07, 6.45) is 2.68. The van der Waals surface area contributed by atoms with E-state index in [2.05, 4.69) is 5.16 Å². The summed E-state index contributed by atoms with van der Waals surface area (Å²) < 4.78 is 16.2. The predicted octanol–water partition coefficient (Wildman–Crippen LogP) is 1.05. The summed E-state index contributed by atoms with van der Waals surface area (Å²) in [5, 5.41) is 3.95. The third-order valence-corrected chi connectivity index (χ3v) is 2.24.